The number of pyridine rings is 1. The maximum atomic E-state index is 12.6. The normalized spacial score (nSPS) is 13.4. The van der Waals surface area contributed by atoms with E-state index >= 15 is 0 Å². The number of fused-ring (bicyclic) bond motifs is 1. The molecule has 0 bridgehead atoms. The third-order valence-corrected chi connectivity index (χ3v) is 5.89. The minimum atomic E-state index is -0.166. The molecule has 4 rings (SSSR count). The quantitative estimate of drug-likeness (QED) is 0.596. The predicted octanol–water partition coefficient (Wildman–Crippen LogP) is 2.77. The lowest BCUT2D eigenvalue weighted by atomic mass is 10.00. The number of benzene rings is 2. The van der Waals surface area contributed by atoms with Gasteiger partial charge in [0.1, 0.15) is 6.54 Å². The zero-order valence-electron chi connectivity index (χ0n) is 18.4. The largest absolute Gasteiger partial charge is 0.491 e. The Kier molecular flexibility index (Phi) is 7.02. The average molecular weight is 432 g/mol. The number of hydrogen-bond acceptors (Lipinski definition) is 4. The Bertz CT molecular complexity index is 1120. The van der Waals surface area contributed by atoms with E-state index in [4.69, 9.17) is 4.74 Å². The Morgan fingerprint density at radius 3 is 2.59 bits per heavy atom. The number of amides is 1. The van der Waals surface area contributed by atoms with Crippen molar-refractivity contribution < 1.29 is 9.53 Å². The third-order valence-electron chi connectivity index (χ3n) is 5.89. The maximum absolute atomic E-state index is 12.6. The number of hydrogen-bond donors (Lipinski definition) is 1. The molecule has 6 heteroatoms. The van der Waals surface area contributed by atoms with E-state index in [0.717, 1.165) is 31.6 Å². The van der Waals surface area contributed by atoms with Gasteiger partial charge >= 0.3 is 0 Å². The topological polar surface area (TPSA) is 63.6 Å². The molecular weight excluding hydrogens is 402 g/mol. The van der Waals surface area contributed by atoms with Gasteiger partial charge in [-0.1, -0.05) is 54.6 Å². The molecule has 6 nitrogen and oxygen atoms in total. The fraction of sp³-hybridized carbons (Fsp3) is 0.308. The Balaban J connectivity index is 1.44. The molecular formula is C26H29N3O3. The van der Waals surface area contributed by atoms with E-state index in [1.807, 2.05) is 34.9 Å². The van der Waals surface area contributed by atoms with E-state index in [1.54, 1.807) is 12.3 Å². The molecule has 0 saturated heterocycles. The highest BCUT2D eigenvalue weighted by molar-refractivity contribution is 5.75. The summed E-state index contributed by atoms with van der Waals surface area (Å²) in [4.78, 5) is 27.4. The molecule has 0 saturated carbocycles. The lowest BCUT2D eigenvalue weighted by Crippen LogP contribution is -2.34. The monoisotopic (exact) mass is 431 g/mol. The second kappa shape index (κ2) is 10.3. The first-order chi connectivity index (χ1) is 15.6. The van der Waals surface area contributed by atoms with Crippen molar-refractivity contribution in [3.63, 3.8) is 0 Å². The van der Waals surface area contributed by atoms with Gasteiger partial charge in [0.05, 0.1) is 13.3 Å². The summed E-state index contributed by atoms with van der Waals surface area (Å²) in [6.45, 7) is 3.06. The number of ether oxygens (including phenoxy) is 1. The van der Waals surface area contributed by atoms with Crippen LogP contribution in [0.15, 0.2) is 71.7 Å². The van der Waals surface area contributed by atoms with Gasteiger partial charge < -0.3 is 14.6 Å². The minimum Gasteiger partial charge on any atom is -0.491 e. The number of carbonyl (C=O) groups is 1. The highest BCUT2D eigenvalue weighted by Gasteiger charge is 2.18. The molecule has 0 fully saturated rings. The molecule has 1 aliphatic heterocycles. The van der Waals surface area contributed by atoms with Gasteiger partial charge in [-0.3, -0.25) is 14.5 Å². The smallest absolute Gasteiger partial charge is 0.239 e. The zero-order chi connectivity index (χ0) is 22.3. The highest BCUT2D eigenvalue weighted by Crippen LogP contribution is 2.20. The van der Waals surface area contributed by atoms with Crippen LogP contribution in [-0.2, 0) is 37.3 Å². The Morgan fingerprint density at radius 1 is 1.06 bits per heavy atom. The number of nitrogens with zero attached hydrogens (tertiary/aromatic N) is 2. The first kappa shape index (κ1) is 21.8. The molecule has 0 unspecified atom stereocenters. The molecule has 0 radical (unpaired) electrons. The predicted molar refractivity (Wildman–Crippen MR) is 125 cm³/mol. The number of nitrogens with one attached hydrogen (secondary N) is 1. The first-order valence-corrected chi connectivity index (χ1v) is 11.0. The summed E-state index contributed by atoms with van der Waals surface area (Å²) < 4.78 is 7.05. The van der Waals surface area contributed by atoms with E-state index in [1.165, 1.54) is 23.8 Å². The van der Waals surface area contributed by atoms with Crippen molar-refractivity contribution in [3.05, 3.63) is 99.5 Å². The van der Waals surface area contributed by atoms with Crippen LogP contribution in [0.2, 0.25) is 0 Å². The van der Waals surface area contributed by atoms with Crippen LogP contribution < -0.4 is 15.5 Å². The van der Waals surface area contributed by atoms with Crippen molar-refractivity contribution in [3.8, 4) is 5.75 Å². The van der Waals surface area contributed by atoms with Gasteiger partial charge in [-0.15, -0.1) is 0 Å². The molecule has 1 amide bonds. The van der Waals surface area contributed by atoms with E-state index in [2.05, 4.69) is 34.5 Å². The summed E-state index contributed by atoms with van der Waals surface area (Å²) in [5, 5.41) is 2.98. The molecule has 2 heterocycles. The molecule has 1 aliphatic rings. The third kappa shape index (κ3) is 5.45. The molecule has 0 aliphatic carbocycles. The molecule has 2 aromatic carbocycles. The SMILES string of the molecule is COc1cn(CC(=O)NCCc2ccccc2)c(CN2CCc3ccccc3C2)cc1=O. The fourth-order valence-electron chi connectivity index (χ4n) is 4.15. The van der Waals surface area contributed by atoms with E-state index < -0.39 is 0 Å². The molecule has 166 valence electrons. The molecule has 0 atom stereocenters. The molecule has 1 aromatic heterocycles. The van der Waals surface area contributed by atoms with Gasteiger partial charge in [0, 0.05) is 37.9 Å². The highest BCUT2D eigenvalue weighted by atomic mass is 16.5. The Hall–Kier alpha value is -3.38. The van der Waals surface area contributed by atoms with Crippen molar-refractivity contribution in [1.29, 1.82) is 0 Å². The van der Waals surface area contributed by atoms with Gasteiger partial charge in [0.25, 0.3) is 0 Å². The van der Waals surface area contributed by atoms with Crippen LogP contribution in [0.5, 0.6) is 5.75 Å². The molecule has 3 aromatic rings. The number of aromatic nitrogens is 1. The summed E-state index contributed by atoms with van der Waals surface area (Å²) in [7, 11) is 1.47. The second-order valence-corrected chi connectivity index (χ2v) is 8.14. The summed E-state index contributed by atoms with van der Waals surface area (Å²) in [6, 6.07) is 20.1. The minimum absolute atomic E-state index is 0.0862. The average Bonchev–Trinajstić information content (AvgIpc) is 2.81. The van der Waals surface area contributed by atoms with Crippen LogP contribution in [-0.4, -0.2) is 35.6 Å². The van der Waals surface area contributed by atoms with Gasteiger partial charge in [-0.25, -0.2) is 0 Å². The van der Waals surface area contributed by atoms with Crippen LogP contribution in [0.1, 0.15) is 22.4 Å². The van der Waals surface area contributed by atoms with Gasteiger partial charge in [0.15, 0.2) is 5.75 Å². The molecule has 32 heavy (non-hydrogen) atoms. The standard InChI is InChI=1S/C26H29N3O3/c1-32-25-18-29(19-26(31)27-13-11-20-7-3-2-4-8-20)23(15-24(25)30)17-28-14-12-21-9-5-6-10-22(21)16-28/h2-10,15,18H,11-14,16-17,19H2,1H3,(H,27,31). The van der Waals surface area contributed by atoms with Crippen molar-refractivity contribution in [2.75, 3.05) is 20.2 Å². The summed E-state index contributed by atoms with van der Waals surface area (Å²) in [5.41, 5.74) is 4.53. The lowest BCUT2D eigenvalue weighted by molar-refractivity contribution is -0.121. The van der Waals surface area contributed by atoms with Crippen LogP contribution in [0, 0.1) is 0 Å². The zero-order valence-corrected chi connectivity index (χ0v) is 18.4. The van der Waals surface area contributed by atoms with E-state index in [9.17, 15) is 9.59 Å². The lowest BCUT2D eigenvalue weighted by Gasteiger charge is -2.29. The van der Waals surface area contributed by atoms with Crippen molar-refractivity contribution in [1.82, 2.24) is 14.8 Å². The van der Waals surface area contributed by atoms with Crippen LogP contribution in [0.4, 0.5) is 0 Å². The fourth-order valence-corrected chi connectivity index (χ4v) is 4.15. The van der Waals surface area contributed by atoms with E-state index in [-0.39, 0.29) is 23.6 Å². The summed E-state index contributed by atoms with van der Waals surface area (Å²) >= 11 is 0. The number of rotatable bonds is 8. The number of carbonyl (C=O) groups excluding carboxylic acids is 1. The molecule has 1 N–H and O–H groups in total. The Morgan fingerprint density at radius 2 is 1.81 bits per heavy atom. The van der Waals surface area contributed by atoms with E-state index in [0.29, 0.717) is 13.1 Å². The van der Waals surface area contributed by atoms with Crippen LogP contribution in [0.3, 0.4) is 0 Å². The van der Waals surface area contributed by atoms with Crippen molar-refractivity contribution in [2.24, 2.45) is 0 Å². The van der Waals surface area contributed by atoms with Crippen molar-refractivity contribution >= 4 is 5.91 Å². The van der Waals surface area contributed by atoms with Gasteiger partial charge in [-0.05, 0) is 29.5 Å². The van der Waals surface area contributed by atoms with Gasteiger partial charge in [-0.2, -0.15) is 0 Å². The molecule has 0 spiro atoms. The first-order valence-electron chi connectivity index (χ1n) is 11.0. The summed E-state index contributed by atoms with van der Waals surface area (Å²) in [5.74, 6) is 0.159. The van der Waals surface area contributed by atoms with Crippen molar-refractivity contribution in [2.45, 2.75) is 32.5 Å². The number of methoxy groups -OCH3 is 1. The Labute approximate surface area is 188 Å². The van der Waals surface area contributed by atoms with Gasteiger partial charge in [0.2, 0.25) is 11.3 Å². The van der Waals surface area contributed by atoms with Crippen LogP contribution >= 0.6 is 0 Å². The summed E-state index contributed by atoms with van der Waals surface area (Å²) in [6.07, 6.45) is 3.41. The maximum Gasteiger partial charge on any atom is 0.239 e. The van der Waals surface area contributed by atoms with Crippen LogP contribution in [0.25, 0.3) is 0 Å². The second-order valence-electron chi connectivity index (χ2n) is 8.14.